The van der Waals surface area contributed by atoms with Gasteiger partial charge in [0.15, 0.2) is 0 Å². The zero-order valence-electron chi connectivity index (χ0n) is 15.8. The van der Waals surface area contributed by atoms with Crippen molar-refractivity contribution in [3.8, 4) is 0 Å². The van der Waals surface area contributed by atoms with Gasteiger partial charge in [-0.25, -0.2) is 4.79 Å². The van der Waals surface area contributed by atoms with Gasteiger partial charge in [-0.2, -0.15) is 0 Å². The minimum Gasteiger partial charge on any atom is -0.465 e. The van der Waals surface area contributed by atoms with Crippen molar-refractivity contribution >= 4 is 56.3 Å². The van der Waals surface area contributed by atoms with Crippen molar-refractivity contribution in [2.75, 3.05) is 30.2 Å². The Kier molecular flexibility index (Phi) is 6.59. The number of anilines is 2. The Morgan fingerprint density at radius 2 is 2.00 bits per heavy atom. The molecular formula is C20H22ClN3O3S. The van der Waals surface area contributed by atoms with E-state index in [1.165, 1.54) is 18.4 Å². The molecule has 2 N–H and O–H groups in total. The van der Waals surface area contributed by atoms with Crippen LogP contribution in [0.4, 0.5) is 11.4 Å². The van der Waals surface area contributed by atoms with Crippen LogP contribution >= 0.6 is 22.9 Å². The number of hydrogen-bond donors (Lipinski definition) is 2. The number of rotatable bonds is 8. The van der Waals surface area contributed by atoms with E-state index < -0.39 is 0 Å². The second-order valence-electron chi connectivity index (χ2n) is 6.36. The molecule has 3 aromatic rings. The van der Waals surface area contributed by atoms with Gasteiger partial charge >= 0.3 is 5.97 Å². The van der Waals surface area contributed by atoms with E-state index in [1.54, 1.807) is 10.6 Å². The molecule has 0 aliphatic rings. The van der Waals surface area contributed by atoms with Gasteiger partial charge in [0.25, 0.3) is 5.91 Å². The zero-order valence-corrected chi connectivity index (χ0v) is 17.3. The maximum absolute atomic E-state index is 12.7. The Morgan fingerprint density at radius 3 is 2.75 bits per heavy atom. The minimum absolute atomic E-state index is 0.195. The number of unbranched alkanes of at least 4 members (excludes halogenated alkanes) is 1. The number of fused-ring (bicyclic) bond motifs is 1. The smallest absolute Gasteiger partial charge is 0.348 e. The number of halogens is 1. The SMILES string of the molecule is COC(=O)c1cc2cc(NC(=O)c3cc(NCCCCCl)cn3C)ccc2s1. The lowest BCUT2D eigenvalue weighted by atomic mass is 10.2. The number of ether oxygens (including phenoxy) is 1. The second kappa shape index (κ2) is 9.12. The highest BCUT2D eigenvalue weighted by atomic mass is 35.5. The van der Waals surface area contributed by atoms with Crippen molar-refractivity contribution < 1.29 is 14.3 Å². The number of nitrogens with zero attached hydrogens (tertiary/aromatic N) is 1. The third kappa shape index (κ3) is 4.66. The van der Waals surface area contributed by atoms with Crippen molar-refractivity contribution in [1.29, 1.82) is 0 Å². The van der Waals surface area contributed by atoms with Crippen LogP contribution in [0.25, 0.3) is 10.1 Å². The number of carbonyl (C=O) groups excluding carboxylic acids is 2. The number of hydrogen-bond acceptors (Lipinski definition) is 5. The minimum atomic E-state index is -0.360. The van der Waals surface area contributed by atoms with Crippen LogP contribution in [-0.2, 0) is 11.8 Å². The third-order valence-corrected chi connectivity index (χ3v) is 5.65. The largest absolute Gasteiger partial charge is 0.465 e. The second-order valence-corrected chi connectivity index (χ2v) is 7.82. The lowest BCUT2D eigenvalue weighted by Gasteiger charge is -2.06. The van der Waals surface area contributed by atoms with Gasteiger partial charge in [-0.15, -0.1) is 22.9 Å². The van der Waals surface area contributed by atoms with E-state index in [1.807, 2.05) is 37.5 Å². The fourth-order valence-corrected chi connectivity index (χ4v) is 4.01. The van der Waals surface area contributed by atoms with E-state index >= 15 is 0 Å². The quantitative estimate of drug-likeness (QED) is 0.315. The molecule has 0 fully saturated rings. The molecule has 0 aliphatic carbocycles. The molecule has 0 saturated carbocycles. The summed E-state index contributed by atoms with van der Waals surface area (Å²) >= 11 is 7.05. The van der Waals surface area contributed by atoms with Crippen molar-refractivity contribution in [1.82, 2.24) is 4.57 Å². The summed E-state index contributed by atoms with van der Waals surface area (Å²) in [4.78, 5) is 24.9. The van der Waals surface area contributed by atoms with Gasteiger partial charge in [-0.3, -0.25) is 4.79 Å². The van der Waals surface area contributed by atoms with Gasteiger partial charge < -0.3 is 19.9 Å². The maximum Gasteiger partial charge on any atom is 0.348 e. The molecule has 2 heterocycles. The summed E-state index contributed by atoms with van der Waals surface area (Å²) in [5.74, 6) is 0.0976. The first-order chi connectivity index (χ1) is 13.5. The average Bonchev–Trinajstić information content (AvgIpc) is 3.27. The first kappa shape index (κ1) is 20.2. The number of thiophene rings is 1. The molecule has 0 radical (unpaired) electrons. The molecule has 1 amide bonds. The van der Waals surface area contributed by atoms with Crippen LogP contribution < -0.4 is 10.6 Å². The lowest BCUT2D eigenvalue weighted by Crippen LogP contribution is -2.15. The summed E-state index contributed by atoms with van der Waals surface area (Å²) < 4.78 is 7.51. The van der Waals surface area contributed by atoms with Crippen LogP contribution in [0, 0.1) is 0 Å². The topological polar surface area (TPSA) is 72.4 Å². The highest BCUT2D eigenvalue weighted by molar-refractivity contribution is 7.20. The van der Waals surface area contributed by atoms with Crippen molar-refractivity contribution in [2.24, 2.45) is 7.05 Å². The first-order valence-electron chi connectivity index (χ1n) is 8.91. The Balaban J connectivity index is 1.70. The van der Waals surface area contributed by atoms with Gasteiger partial charge in [-0.1, -0.05) is 0 Å². The van der Waals surface area contributed by atoms with E-state index in [9.17, 15) is 9.59 Å². The van der Waals surface area contributed by atoms with Crippen molar-refractivity contribution in [2.45, 2.75) is 12.8 Å². The predicted molar refractivity (Wildman–Crippen MR) is 115 cm³/mol. The average molecular weight is 420 g/mol. The van der Waals surface area contributed by atoms with Crippen LogP contribution in [0.15, 0.2) is 36.5 Å². The Morgan fingerprint density at radius 1 is 1.18 bits per heavy atom. The number of amides is 1. The number of benzene rings is 1. The number of aromatic nitrogens is 1. The van der Waals surface area contributed by atoms with Crippen LogP contribution in [0.5, 0.6) is 0 Å². The Bertz CT molecular complexity index is 996. The molecule has 28 heavy (non-hydrogen) atoms. The fourth-order valence-electron chi connectivity index (χ4n) is 2.86. The van der Waals surface area contributed by atoms with Gasteiger partial charge in [0.2, 0.25) is 0 Å². The first-order valence-corrected chi connectivity index (χ1v) is 10.3. The number of esters is 1. The van der Waals surface area contributed by atoms with E-state index in [4.69, 9.17) is 16.3 Å². The van der Waals surface area contributed by atoms with Gasteiger partial charge in [0.1, 0.15) is 10.6 Å². The summed E-state index contributed by atoms with van der Waals surface area (Å²) in [7, 11) is 3.20. The molecule has 2 aromatic heterocycles. The number of carbonyl (C=O) groups is 2. The van der Waals surface area contributed by atoms with E-state index in [0.29, 0.717) is 22.1 Å². The highest BCUT2D eigenvalue weighted by Crippen LogP contribution is 2.29. The molecule has 0 atom stereocenters. The van der Waals surface area contributed by atoms with E-state index in [0.717, 1.165) is 35.2 Å². The van der Waals surface area contributed by atoms with Gasteiger partial charge in [-0.05, 0) is 48.6 Å². The maximum atomic E-state index is 12.7. The van der Waals surface area contributed by atoms with E-state index in [2.05, 4.69) is 10.6 Å². The summed E-state index contributed by atoms with van der Waals surface area (Å²) in [6.45, 7) is 0.815. The van der Waals surface area contributed by atoms with E-state index in [-0.39, 0.29) is 11.9 Å². The summed E-state index contributed by atoms with van der Waals surface area (Å²) in [6, 6.07) is 9.16. The van der Waals surface area contributed by atoms with Crippen molar-refractivity contribution in [3.63, 3.8) is 0 Å². The number of methoxy groups -OCH3 is 1. The zero-order chi connectivity index (χ0) is 20.1. The summed E-state index contributed by atoms with van der Waals surface area (Å²) in [5, 5.41) is 7.10. The van der Waals surface area contributed by atoms with Crippen LogP contribution in [0.1, 0.15) is 33.0 Å². The van der Waals surface area contributed by atoms with Crippen LogP contribution in [-0.4, -0.2) is 36.0 Å². The van der Waals surface area contributed by atoms with Gasteiger partial charge in [0.05, 0.1) is 12.8 Å². The number of nitrogens with one attached hydrogen (secondary N) is 2. The molecule has 0 saturated heterocycles. The molecule has 0 bridgehead atoms. The summed E-state index contributed by atoms with van der Waals surface area (Å²) in [6.07, 6.45) is 3.83. The number of aryl methyl sites for hydroxylation is 1. The molecule has 3 rings (SSSR count). The normalized spacial score (nSPS) is 10.8. The van der Waals surface area contributed by atoms with Crippen molar-refractivity contribution in [3.05, 3.63) is 47.1 Å². The standard InChI is InChI=1S/C20H22ClN3O3S/c1-24-12-15(22-8-4-3-7-21)11-16(24)19(25)23-14-5-6-17-13(9-14)10-18(28-17)20(26)27-2/h5-6,9-12,22H,3-4,7-8H2,1-2H3,(H,23,25). The third-order valence-electron chi connectivity index (χ3n) is 4.29. The molecule has 0 spiro atoms. The molecule has 8 heteroatoms. The molecule has 1 aromatic carbocycles. The Hall–Kier alpha value is -2.51. The molecule has 148 valence electrons. The van der Waals surface area contributed by atoms with Gasteiger partial charge in [0, 0.05) is 36.1 Å². The fraction of sp³-hybridized carbons (Fsp3) is 0.300. The number of alkyl halides is 1. The summed E-state index contributed by atoms with van der Waals surface area (Å²) in [5.41, 5.74) is 2.13. The van der Waals surface area contributed by atoms with Crippen LogP contribution in [0.2, 0.25) is 0 Å². The van der Waals surface area contributed by atoms with Crippen LogP contribution in [0.3, 0.4) is 0 Å². The molecule has 0 unspecified atom stereocenters. The lowest BCUT2D eigenvalue weighted by molar-refractivity contribution is 0.0606. The molecular weight excluding hydrogens is 398 g/mol. The predicted octanol–water partition coefficient (Wildman–Crippen LogP) is 4.71. The monoisotopic (exact) mass is 419 g/mol. The molecule has 6 nitrogen and oxygen atoms in total. The highest BCUT2D eigenvalue weighted by Gasteiger charge is 2.14. The molecule has 0 aliphatic heterocycles. The Labute approximate surface area is 172 Å².